The van der Waals surface area contributed by atoms with Crippen LogP contribution in [0.1, 0.15) is 15.2 Å². The molecule has 0 unspecified atom stereocenters. The first-order valence-electron chi connectivity index (χ1n) is 7.00. The molecule has 2 aromatic carbocycles. The largest absolute Gasteiger partial charge is 0.506 e. The van der Waals surface area contributed by atoms with E-state index < -0.39 is 11.7 Å². The molecule has 0 spiro atoms. The van der Waals surface area contributed by atoms with Crippen molar-refractivity contribution in [1.82, 2.24) is 0 Å². The highest BCUT2D eigenvalue weighted by atomic mass is 35.5. The van der Waals surface area contributed by atoms with Crippen LogP contribution in [0.15, 0.2) is 36.4 Å². The Hall–Kier alpha value is -2.15. The maximum atomic E-state index is 14.2. The van der Waals surface area contributed by atoms with Crippen molar-refractivity contribution in [2.75, 3.05) is 12.4 Å². The smallest absolute Gasteiger partial charge is 0.266 e. The molecule has 1 heterocycles. The summed E-state index contributed by atoms with van der Waals surface area (Å²) in [5.74, 6) is -0.964. The van der Waals surface area contributed by atoms with Crippen LogP contribution in [0, 0.1) is 5.82 Å². The second kappa shape index (κ2) is 6.76. The second-order valence-electron chi connectivity index (χ2n) is 5.07. The van der Waals surface area contributed by atoms with Gasteiger partial charge in [-0.1, -0.05) is 17.7 Å². The summed E-state index contributed by atoms with van der Waals surface area (Å²) in [4.78, 5) is 13.0. The molecule has 3 aromatic rings. The number of hydrogen-bond acceptors (Lipinski definition) is 4. The van der Waals surface area contributed by atoms with Crippen molar-refractivity contribution in [3.05, 3.63) is 57.7 Å². The summed E-state index contributed by atoms with van der Waals surface area (Å²) in [5.41, 5.74) is 0.670. The van der Waals surface area contributed by atoms with E-state index in [4.69, 9.17) is 16.3 Å². The van der Waals surface area contributed by atoms with E-state index in [1.54, 1.807) is 12.1 Å². The molecule has 0 aliphatic rings. The van der Waals surface area contributed by atoms with Crippen LogP contribution in [-0.2, 0) is 11.3 Å². The molecule has 0 aliphatic carbocycles. The maximum Gasteiger partial charge on any atom is 0.266 e. The van der Waals surface area contributed by atoms with Gasteiger partial charge in [-0.25, -0.2) is 4.39 Å². The molecule has 4 nitrogen and oxygen atoms in total. The first kappa shape index (κ1) is 16.7. The van der Waals surface area contributed by atoms with Gasteiger partial charge in [0.15, 0.2) is 0 Å². The first-order chi connectivity index (χ1) is 11.5. The van der Waals surface area contributed by atoms with Gasteiger partial charge in [-0.05, 0) is 30.3 Å². The highest BCUT2D eigenvalue weighted by molar-refractivity contribution is 7.21. The Bertz CT molecular complexity index is 926. The van der Waals surface area contributed by atoms with Gasteiger partial charge in [0.05, 0.1) is 17.2 Å². The Morgan fingerprint density at radius 1 is 1.38 bits per heavy atom. The number of carbonyl (C=O) groups is 1. The van der Waals surface area contributed by atoms with Gasteiger partial charge < -0.3 is 15.2 Å². The summed E-state index contributed by atoms with van der Waals surface area (Å²) in [6.45, 7) is 0.102. The van der Waals surface area contributed by atoms with Gasteiger partial charge in [0.2, 0.25) is 0 Å². The first-order valence-corrected chi connectivity index (χ1v) is 8.19. The van der Waals surface area contributed by atoms with Crippen LogP contribution in [0.25, 0.3) is 10.1 Å². The van der Waals surface area contributed by atoms with E-state index >= 15 is 0 Å². The van der Waals surface area contributed by atoms with Crippen LogP contribution in [-0.4, -0.2) is 18.1 Å². The van der Waals surface area contributed by atoms with Crippen molar-refractivity contribution in [1.29, 1.82) is 0 Å². The number of anilines is 1. The number of aromatic hydroxyl groups is 1. The van der Waals surface area contributed by atoms with Crippen molar-refractivity contribution in [3.8, 4) is 5.75 Å². The van der Waals surface area contributed by atoms with Gasteiger partial charge in [-0.2, -0.15) is 0 Å². The molecule has 0 saturated heterocycles. The normalized spacial score (nSPS) is 11.0. The van der Waals surface area contributed by atoms with Crippen molar-refractivity contribution in [2.45, 2.75) is 6.61 Å². The van der Waals surface area contributed by atoms with E-state index in [9.17, 15) is 14.3 Å². The highest BCUT2D eigenvalue weighted by Gasteiger charge is 2.21. The second-order valence-corrected chi connectivity index (χ2v) is 6.56. The van der Waals surface area contributed by atoms with Gasteiger partial charge in [-0.3, -0.25) is 4.79 Å². The Morgan fingerprint density at radius 2 is 2.17 bits per heavy atom. The van der Waals surface area contributed by atoms with Gasteiger partial charge in [0.1, 0.15) is 11.6 Å². The Labute approximate surface area is 146 Å². The fraction of sp³-hybridized carbons (Fsp3) is 0.118. The summed E-state index contributed by atoms with van der Waals surface area (Å²) in [6.07, 6.45) is 0. The molecule has 0 radical (unpaired) electrons. The molecule has 0 bridgehead atoms. The summed E-state index contributed by atoms with van der Waals surface area (Å²) in [5, 5.41) is 13.2. The lowest BCUT2D eigenvalue weighted by molar-refractivity contribution is 0.102. The van der Waals surface area contributed by atoms with E-state index in [1.807, 2.05) is 0 Å². The zero-order valence-electron chi connectivity index (χ0n) is 12.6. The fourth-order valence-electron chi connectivity index (χ4n) is 2.42. The predicted octanol–water partition coefficient (Wildman–Crippen LogP) is 4.80. The fourth-order valence-corrected chi connectivity index (χ4v) is 3.71. The zero-order chi connectivity index (χ0) is 17.3. The van der Waals surface area contributed by atoms with E-state index in [0.29, 0.717) is 25.5 Å². The van der Waals surface area contributed by atoms with E-state index in [2.05, 4.69) is 5.32 Å². The standard InChI is InChI=1S/C17H13ClFNO3S/c1-23-8-10-15-11(19)3-2-4-14(15)24-16(10)17(22)20-12-7-9(18)5-6-13(12)21/h2-7,21H,8H2,1H3,(H,20,22). The molecular formula is C17H13ClFNO3S. The lowest BCUT2D eigenvalue weighted by Crippen LogP contribution is -2.12. The average Bonchev–Trinajstić information content (AvgIpc) is 2.91. The summed E-state index contributed by atoms with van der Waals surface area (Å²) < 4.78 is 19.9. The third-order valence-electron chi connectivity index (χ3n) is 3.46. The minimum absolute atomic E-state index is 0.102. The molecule has 0 aliphatic heterocycles. The summed E-state index contributed by atoms with van der Waals surface area (Å²) in [7, 11) is 1.48. The van der Waals surface area contributed by atoms with Crippen molar-refractivity contribution in [2.24, 2.45) is 0 Å². The number of rotatable bonds is 4. The number of fused-ring (bicyclic) bond motifs is 1. The molecule has 0 saturated carbocycles. The third kappa shape index (κ3) is 3.08. The topological polar surface area (TPSA) is 58.6 Å². The SMILES string of the molecule is COCc1c(C(=O)Nc2cc(Cl)ccc2O)sc2cccc(F)c12. The zero-order valence-corrected chi connectivity index (χ0v) is 14.2. The number of nitrogens with one attached hydrogen (secondary N) is 1. The molecule has 3 rings (SSSR count). The molecule has 1 amide bonds. The molecule has 124 valence electrons. The van der Waals surface area contributed by atoms with Gasteiger partial charge in [0.25, 0.3) is 5.91 Å². The molecule has 0 atom stereocenters. The summed E-state index contributed by atoms with van der Waals surface area (Å²) >= 11 is 7.05. The lowest BCUT2D eigenvalue weighted by Gasteiger charge is -2.08. The van der Waals surface area contributed by atoms with Crippen molar-refractivity contribution in [3.63, 3.8) is 0 Å². The van der Waals surface area contributed by atoms with Crippen LogP contribution in [0.3, 0.4) is 0 Å². The van der Waals surface area contributed by atoms with Crippen LogP contribution >= 0.6 is 22.9 Å². The van der Waals surface area contributed by atoms with Gasteiger partial charge in [0, 0.05) is 27.8 Å². The Morgan fingerprint density at radius 3 is 2.92 bits per heavy atom. The number of amides is 1. The van der Waals surface area contributed by atoms with Gasteiger partial charge in [-0.15, -0.1) is 11.3 Å². The number of hydrogen-bond donors (Lipinski definition) is 2. The number of phenolic OH excluding ortho intramolecular Hbond substituents is 1. The molecule has 7 heteroatoms. The number of halogens is 2. The minimum Gasteiger partial charge on any atom is -0.506 e. The number of benzene rings is 2. The van der Waals surface area contributed by atoms with Gasteiger partial charge >= 0.3 is 0 Å². The van der Waals surface area contributed by atoms with E-state index in [1.165, 1.54) is 42.7 Å². The van der Waals surface area contributed by atoms with Crippen LogP contribution in [0.2, 0.25) is 5.02 Å². The highest BCUT2D eigenvalue weighted by Crippen LogP contribution is 2.35. The summed E-state index contributed by atoms with van der Waals surface area (Å²) in [6, 6.07) is 9.03. The number of methoxy groups -OCH3 is 1. The Kier molecular flexibility index (Phi) is 4.71. The molecular weight excluding hydrogens is 353 g/mol. The lowest BCUT2D eigenvalue weighted by atomic mass is 10.1. The molecule has 2 N–H and O–H groups in total. The number of ether oxygens (including phenoxy) is 1. The average molecular weight is 366 g/mol. The van der Waals surface area contributed by atoms with E-state index in [0.717, 1.165) is 0 Å². The van der Waals surface area contributed by atoms with Crippen molar-refractivity contribution >= 4 is 44.6 Å². The van der Waals surface area contributed by atoms with Crippen molar-refractivity contribution < 1.29 is 19.0 Å². The number of phenols is 1. The third-order valence-corrected chi connectivity index (χ3v) is 4.90. The molecule has 24 heavy (non-hydrogen) atoms. The Balaban J connectivity index is 2.05. The predicted molar refractivity (Wildman–Crippen MR) is 93.6 cm³/mol. The van der Waals surface area contributed by atoms with E-state index in [-0.39, 0.29) is 18.0 Å². The molecule has 0 fully saturated rings. The van der Waals surface area contributed by atoms with Crippen LogP contribution < -0.4 is 5.32 Å². The maximum absolute atomic E-state index is 14.2. The number of carbonyl (C=O) groups excluding carboxylic acids is 1. The molecule has 1 aromatic heterocycles. The monoisotopic (exact) mass is 365 g/mol. The quantitative estimate of drug-likeness (QED) is 0.653. The number of thiophene rings is 1. The van der Waals surface area contributed by atoms with Crippen LogP contribution in [0.5, 0.6) is 5.75 Å². The van der Waals surface area contributed by atoms with Crippen LogP contribution in [0.4, 0.5) is 10.1 Å². The minimum atomic E-state index is -0.458.